The molecule has 0 amide bonds. The van der Waals surface area contributed by atoms with Crippen LogP contribution in [0.25, 0.3) is 0 Å². The molecule has 0 radical (unpaired) electrons. The minimum Gasteiger partial charge on any atom is -0.457 e. The Bertz CT molecular complexity index is 1020. The van der Waals surface area contributed by atoms with Gasteiger partial charge < -0.3 is 15.4 Å². The van der Waals surface area contributed by atoms with Gasteiger partial charge in [-0.1, -0.05) is 48.5 Å². The number of anilines is 4. The molecule has 0 atom stereocenters. The lowest BCUT2D eigenvalue weighted by Gasteiger charge is -2.22. The molecule has 3 nitrogen and oxygen atoms in total. The Morgan fingerprint density at radius 3 is 1.43 bits per heavy atom. The van der Waals surface area contributed by atoms with Gasteiger partial charge in [-0.05, 0) is 47.5 Å². The Morgan fingerprint density at radius 2 is 0.964 bits per heavy atom. The summed E-state index contributed by atoms with van der Waals surface area (Å²) < 4.78 is 6.25. The van der Waals surface area contributed by atoms with E-state index in [-0.39, 0.29) is 0 Å². The number of ether oxygens (including phenoxy) is 1. The van der Waals surface area contributed by atoms with Crippen molar-refractivity contribution in [1.82, 2.24) is 0 Å². The standard InChI is InChI=1S/C25H20N2O/c1-3-7-20(8-4-1)26-22-13-11-18-15-19-12-14-23(17-25(19)28-24(18)16-22)27-21-9-5-2-6-10-21/h1-14,16-17,26-27H,15H2. The molecule has 0 aliphatic carbocycles. The number of hydrogen-bond acceptors (Lipinski definition) is 3. The van der Waals surface area contributed by atoms with Crippen LogP contribution in [0.3, 0.4) is 0 Å². The summed E-state index contributed by atoms with van der Waals surface area (Å²) in [5, 5.41) is 6.86. The van der Waals surface area contributed by atoms with E-state index in [1.165, 1.54) is 11.1 Å². The Morgan fingerprint density at radius 1 is 0.500 bits per heavy atom. The number of fused-ring (bicyclic) bond motifs is 2. The molecule has 5 rings (SSSR count). The van der Waals surface area contributed by atoms with Crippen molar-refractivity contribution in [2.24, 2.45) is 0 Å². The molecular weight excluding hydrogens is 344 g/mol. The third-order valence-corrected chi connectivity index (χ3v) is 4.86. The molecule has 4 aromatic carbocycles. The van der Waals surface area contributed by atoms with E-state index in [0.717, 1.165) is 40.7 Å². The van der Waals surface area contributed by atoms with Crippen molar-refractivity contribution in [1.29, 1.82) is 0 Å². The van der Waals surface area contributed by atoms with Crippen LogP contribution in [0, 0.1) is 0 Å². The minimum absolute atomic E-state index is 0.877. The first kappa shape index (κ1) is 16.5. The molecule has 0 spiro atoms. The lowest BCUT2D eigenvalue weighted by atomic mass is 9.99. The Hall–Kier alpha value is -3.72. The normalized spacial score (nSPS) is 11.7. The first-order chi connectivity index (χ1) is 13.8. The molecule has 4 aromatic rings. The van der Waals surface area contributed by atoms with Crippen molar-refractivity contribution in [3.63, 3.8) is 0 Å². The van der Waals surface area contributed by atoms with E-state index >= 15 is 0 Å². The van der Waals surface area contributed by atoms with Crippen LogP contribution in [-0.2, 0) is 6.42 Å². The second-order valence-electron chi connectivity index (χ2n) is 6.91. The van der Waals surface area contributed by atoms with Crippen molar-refractivity contribution in [3.8, 4) is 11.5 Å². The molecule has 28 heavy (non-hydrogen) atoms. The summed E-state index contributed by atoms with van der Waals surface area (Å²) in [5.74, 6) is 1.82. The molecule has 3 heteroatoms. The van der Waals surface area contributed by atoms with E-state index in [0.29, 0.717) is 0 Å². The van der Waals surface area contributed by atoms with E-state index in [4.69, 9.17) is 4.74 Å². The van der Waals surface area contributed by atoms with E-state index < -0.39 is 0 Å². The summed E-state index contributed by atoms with van der Waals surface area (Å²) in [4.78, 5) is 0. The zero-order valence-electron chi connectivity index (χ0n) is 15.4. The van der Waals surface area contributed by atoms with Gasteiger partial charge in [0.25, 0.3) is 0 Å². The largest absolute Gasteiger partial charge is 0.457 e. The third-order valence-electron chi connectivity index (χ3n) is 4.86. The predicted octanol–water partition coefficient (Wildman–Crippen LogP) is 6.87. The van der Waals surface area contributed by atoms with Crippen molar-refractivity contribution in [2.75, 3.05) is 10.6 Å². The molecular formula is C25H20N2O. The fourth-order valence-corrected chi connectivity index (χ4v) is 3.45. The zero-order valence-corrected chi connectivity index (χ0v) is 15.4. The zero-order chi connectivity index (χ0) is 18.8. The summed E-state index contributed by atoms with van der Waals surface area (Å²) >= 11 is 0. The summed E-state index contributed by atoms with van der Waals surface area (Å²) in [7, 11) is 0. The lowest BCUT2D eigenvalue weighted by molar-refractivity contribution is 0.460. The van der Waals surface area contributed by atoms with E-state index in [9.17, 15) is 0 Å². The smallest absolute Gasteiger partial charge is 0.133 e. The van der Waals surface area contributed by atoms with Gasteiger partial charge in [0, 0.05) is 41.3 Å². The highest BCUT2D eigenvalue weighted by atomic mass is 16.5. The SMILES string of the molecule is c1ccc(Nc2ccc3c(c2)Oc2cc(Nc4ccccc4)ccc2C3)cc1. The highest BCUT2D eigenvalue weighted by Gasteiger charge is 2.18. The van der Waals surface area contributed by atoms with Gasteiger partial charge in [-0.15, -0.1) is 0 Å². The maximum atomic E-state index is 6.25. The van der Waals surface area contributed by atoms with Crippen LogP contribution < -0.4 is 15.4 Å². The average Bonchev–Trinajstić information content (AvgIpc) is 2.74. The Kier molecular flexibility index (Phi) is 4.19. The summed E-state index contributed by atoms with van der Waals surface area (Å²) in [6, 6.07) is 33.0. The Balaban J connectivity index is 1.39. The topological polar surface area (TPSA) is 33.3 Å². The van der Waals surface area contributed by atoms with Crippen LogP contribution >= 0.6 is 0 Å². The van der Waals surface area contributed by atoms with Crippen LogP contribution in [0.2, 0.25) is 0 Å². The van der Waals surface area contributed by atoms with Gasteiger partial charge in [0.15, 0.2) is 0 Å². The van der Waals surface area contributed by atoms with Crippen LogP contribution in [0.4, 0.5) is 22.7 Å². The third kappa shape index (κ3) is 3.42. The first-order valence-electron chi connectivity index (χ1n) is 9.41. The minimum atomic E-state index is 0.877. The second kappa shape index (κ2) is 7.12. The van der Waals surface area contributed by atoms with Gasteiger partial charge in [0.05, 0.1) is 0 Å². The van der Waals surface area contributed by atoms with Gasteiger partial charge in [0.2, 0.25) is 0 Å². The van der Waals surface area contributed by atoms with Crippen molar-refractivity contribution in [3.05, 3.63) is 108 Å². The van der Waals surface area contributed by atoms with Crippen LogP contribution in [0.5, 0.6) is 11.5 Å². The van der Waals surface area contributed by atoms with E-state index in [2.05, 4.69) is 71.3 Å². The van der Waals surface area contributed by atoms with Gasteiger partial charge in [0.1, 0.15) is 11.5 Å². The van der Waals surface area contributed by atoms with Crippen molar-refractivity contribution < 1.29 is 4.74 Å². The maximum Gasteiger partial charge on any atom is 0.133 e. The highest BCUT2D eigenvalue weighted by molar-refractivity contribution is 5.67. The molecule has 0 saturated carbocycles. The molecule has 0 bridgehead atoms. The van der Waals surface area contributed by atoms with Crippen LogP contribution in [0.1, 0.15) is 11.1 Å². The number of rotatable bonds is 4. The molecule has 0 aromatic heterocycles. The molecule has 136 valence electrons. The fourth-order valence-electron chi connectivity index (χ4n) is 3.45. The Labute approximate surface area is 164 Å². The molecule has 1 heterocycles. The maximum absolute atomic E-state index is 6.25. The summed E-state index contributed by atoms with van der Waals surface area (Å²) in [5.41, 5.74) is 6.57. The predicted molar refractivity (Wildman–Crippen MR) is 115 cm³/mol. The molecule has 1 aliphatic rings. The lowest BCUT2D eigenvalue weighted by Crippen LogP contribution is -2.04. The molecule has 0 unspecified atom stereocenters. The monoisotopic (exact) mass is 364 g/mol. The number of hydrogen-bond donors (Lipinski definition) is 2. The van der Waals surface area contributed by atoms with Gasteiger partial charge >= 0.3 is 0 Å². The van der Waals surface area contributed by atoms with E-state index in [1.807, 2.05) is 36.4 Å². The fraction of sp³-hybridized carbons (Fsp3) is 0.0400. The number of para-hydroxylation sites is 2. The van der Waals surface area contributed by atoms with Gasteiger partial charge in [-0.3, -0.25) is 0 Å². The van der Waals surface area contributed by atoms with Gasteiger partial charge in [-0.25, -0.2) is 0 Å². The number of benzene rings is 4. The molecule has 0 fully saturated rings. The first-order valence-corrected chi connectivity index (χ1v) is 9.41. The highest BCUT2D eigenvalue weighted by Crippen LogP contribution is 2.39. The summed E-state index contributed by atoms with van der Waals surface area (Å²) in [6.45, 7) is 0. The molecule has 2 N–H and O–H groups in total. The molecule has 0 saturated heterocycles. The second-order valence-corrected chi connectivity index (χ2v) is 6.91. The quantitative estimate of drug-likeness (QED) is 0.365. The van der Waals surface area contributed by atoms with Crippen LogP contribution in [0.15, 0.2) is 97.1 Å². The van der Waals surface area contributed by atoms with Crippen LogP contribution in [-0.4, -0.2) is 0 Å². The van der Waals surface area contributed by atoms with E-state index in [1.54, 1.807) is 0 Å². The van der Waals surface area contributed by atoms with Gasteiger partial charge in [-0.2, -0.15) is 0 Å². The van der Waals surface area contributed by atoms with Crippen molar-refractivity contribution >= 4 is 22.7 Å². The molecule has 1 aliphatic heterocycles. The number of nitrogens with one attached hydrogen (secondary N) is 2. The average molecular weight is 364 g/mol. The van der Waals surface area contributed by atoms with Crippen molar-refractivity contribution in [2.45, 2.75) is 6.42 Å². The summed E-state index contributed by atoms with van der Waals surface area (Å²) in [6.07, 6.45) is 0.877.